The van der Waals surface area contributed by atoms with Crippen LogP contribution in [0.1, 0.15) is 29.8 Å². The molecule has 0 aliphatic heterocycles. The summed E-state index contributed by atoms with van der Waals surface area (Å²) in [6, 6.07) is 17.8. The molecule has 7 nitrogen and oxygen atoms in total. The first kappa shape index (κ1) is 24.4. The fraction of sp³-hybridized carbons (Fsp3) is 0.208. The molecule has 0 saturated carbocycles. The van der Waals surface area contributed by atoms with E-state index in [-0.39, 0.29) is 28.1 Å². The van der Waals surface area contributed by atoms with Crippen molar-refractivity contribution >= 4 is 33.2 Å². The van der Waals surface area contributed by atoms with Crippen molar-refractivity contribution in [3.05, 3.63) is 82.9 Å². The Bertz CT molecular complexity index is 1220. The lowest BCUT2D eigenvalue weighted by Gasteiger charge is -2.13. The Morgan fingerprint density at radius 3 is 2.27 bits per heavy atom. The van der Waals surface area contributed by atoms with Gasteiger partial charge in [0.05, 0.1) is 28.8 Å². The predicted molar refractivity (Wildman–Crippen MR) is 129 cm³/mol. The molecule has 0 aliphatic rings. The van der Waals surface area contributed by atoms with Crippen molar-refractivity contribution in [3.8, 4) is 11.5 Å². The van der Waals surface area contributed by atoms with Gasteiger partial charge in [0, 0.05) is 12.1 Å². The molecule has 0 fully saturated rings. The van der Waals surface area contributed by atoms with E-state index in [0.29, 0.717) is 30.3 Å². The lowest BCUT2D eigenvalue weighted by atomic mass is 10.1. The number of halogens is 1. The summed E-state index contributed by atoms with van der Waals surface area (Å²) in [5.74, 6) is 0.917. The molecule has 33 heavy (non-hydrogen) atoms. The lowest BCUT2D eigenvalue weighted by Crippen LogP contribution is -2.23. The minimum absolute atomic E-state index is 0.113. The van der Waals surface area contributed by atoms with E-state index in [2.05, 4.69) is 10.0 Å². The number of nitrogens with one attached hydrogen (secondary N) is 2. The minimum Gasteiger partial charge on any atom is -0.490 e. The second kappa shape index (κ2) is 11.1. The van der Waals surface area contributed by atoms with E-state index in [0.717, 1.165) is 5.56 Å². The number of carbonyl (C=O) groups is 1. The number of amides is 1. The van der Waals surface area contributed by atoms with Crippen molar-refractivity contribution < 1.29 is 22.7 Å². The Morgan fingerprint density at radius 1 is 0.909 bits per heavy atom. The molecule has 2 N–H and O–H groups in total. The molecule has 0 spiro atoms. The summed E-state index contributed by atoms with van der Waals surface area (Å²) in [4.78, 5) is 12.7. The molecule has 0 saturated heterocycles. The normalized spacial score (nSPS) is 11.0. The molecule has 3 rings (SSSR count). The fourth-order valence-electron chi connectivity index (χ4n) is 3.03. The van der Waals surface area contributed by atoms with Crippen molar-refractivity contribution in [2.75, 3.05) is 17.9 Å². The molecule has 174 valence electrons. The summed E-state index contributed by atoms with van der Waals surface area (Å²) < 4.78 is 38.6. The van der Waals surface area contributed by atoms with Gasteiger partial charge in [-0.05, 0) is 61.9 Å². The van der Waals surface area contributed by atoms with Crippen LogP contribution in [0.15, 0.2) is 71.6 Å². The predicted octanol–water partition coefficient (Wildman–Crippen LogP) is 4.87. The second-order valence-electron chi connectivity index (χ2n) is 6.94. The number of benzene rings is 3. The van der Waals surface area contributed by atoms with E-state index in [1.165, 1.54) is 30.3 Å². The highest BCUT2D eigenvalue weighted by atomic mass is 35.5. The zero-order chi connectivity index (χ0) is 23.8. The quantitative estimate of drug-likeness (QED) is 0.424. The van der Waals surface area contributed by atoms with Gasteiger partial charge in [0.2, 0.25) is 0 Å². The van der Waals surface area contributed by atoms with Crippen LogP contribution in [-0.2, 0) is 16.6 Å². The van der Waals surface area contributed by atoms with Gasteiger partial charge in [-0.2, -0.15) is 0 Å². The van der Waals surface area contributed by atoms with Gasteiger partial charge in [0.25, 0.3) is 15.9 Å². The van der Waals surface area contributed by atoms with Crippen LogP contribution in [0, 0.1) is 0 Å². The molecule has 3 aromatic carbocycles. The summed E-state index contributed by atoms with van der Waals surface area (Å²) >= 11 is 6.25. The second-order valence-corrected chi connectivity index (χ2v) is 9.03. The van der Waals surface area contributed by atoms with Gasteiger partial charge in [-0.1, -0.05) is 35.9 Å². The number of hydrogen-bond acceptors (Lipinski definition) is 5. The molecular formula is C24H25ClN2O5S. The number of ether oxygens (including phenoxy) is 2. The smallest absolute Gasteiger partial charge is 0.261 e. The van der Waals surface area contributed by atoms with Gasteiger partial charge in [-0.25, -0.2) is 8.42 Å². The minimum atomic E-state index is -3.79. The zero-order valence-corrected chi connectivity index (χ0v) is 19.9. The third kappa shape index (κ3) is 6.40. The van der Waals surface area contributed by atoms with Crippen LogP contribution in [0.4, 0.5) is 5.69 Å². The molecule has 0 heterocycles. The first-order chi connectivity index (χ1) is 15.8. The highest BCUT2D eigenvalue weighted by molar-refractivity contribution is 7.92. The summed E-state index contributed by atoms with van der Waals surface area (Å²) in [7, 11) is -3.79. The van der Waals surface area contributed by atoms with Crippen molar-refractivity contribution in [3.63, 3.8) is 0 Å². The van der Waals surface area contributed by atoms with Gasteiger partial charge in [-0.3, -0.25) is 9.52 Å². The highest BCUT2D eigenvalue weighted by Crippen LogP contribution is 2.29. The van der Waals surface area contributed by atoms with Gasteiger partial charge in [-0.15, -0.1) is 0 Å². The summed E-state index contributed by atoms with van der Waals surface area (Å²) in [6.07, 6.45) is 0. The number of carbonyl (C=O) groups excluding carboxylic acids is 1. The number of sulfonamides is 1. The highest BCUT2D eigenvalue weighted by Gasteiger charge is 2.16. The van der Waals surface area contributed by atoms with Crippen LogP contribution in [0.3, 0.4) is 0 Å². The summed E-state index contributed by atoms with van der Waals surface area (Å²) in [6.45, 7) is 5.07. The van der Waals surface area contributed by atoms with Gasteiger partial charge >= 0.3 is 0 Å². The number of hydrogen-bond donors (Lipinski definition) is 2. The van der Waals surface area contributed by atoms with E-state index in [4.69, 9.17) is 21.1 Å². The van der Waals surface area contributed by atoms with Crippen LogP contribution in [0.2, 0.25) is 5.02 Å². The van der Waals surface area contributed by atoms with Crippen LogP contribution in [-0.4, -0.2) is 27.5 Å². The fourth-order valence-corrected chi connectivity index (χ4v) is 4.42. The van der Waals surface area contributed by atoms with E-state index >= 15 is 0 Å². The van der Waals surface area contributed by atoms with Crippen LogP contribution >= 0.6 is 11.6 Å². The Hall–Kier alpha value is -3.23. The van der Waals surface area contributed by atoms with Gasteiger partial charge < -0.3 is 14.8 Å². The Kier molecular flexibility index (Phi) is 8.19. The Morgan fingerprint density at radius 2 is 1.61 bits per heavy atom. The Labute approximate surface area is 198 Å². The molecule has 9 heteroatoms. The zero-order valence-electron chi connectivity index (χ0n) is 18.3. The molecule has 0 atom stereocenters. The van der Waals surface area contributed by atoms with Crippen LogP contribution < -0.4 is 19.5 Å². The topological polar surface area (TPSA) is 93.7 Å². The van der Waals surface area contributed by atoms with Crippen LogP contribution in [0.25, 0.3) is 0 Å². The molecule has 1 amide bonds. The van der Waals surface area contributed by atoms with Crippen molar-refractivity contribution in [2.45, 2.75) is 25.3 Å². The average molecular weight is 489 g/mol. The maximum absolute atomic E-state index is 12.6. The molecule has 0 bridgehead atoms. The van der Waals surface area contributed by atoms with Crippen molar-refractivity contribution in [1.29, 1.82) is 0 Å². The van der Waals surface area contributed by atoms with E-state index < -0.39 is 10.0 Å². The first-order valence-corrected chi connectivity index (χ1v) is 12.2. The van der Waals surface area contributed by atoms with Crippen LogP contribution in [0.5, 0.6) is 11.5 Å². The monoisotopic (exact) mass is 488 g/mol. The maximum Gasteiger partial charge on any atom is 0.261 e. The SMILES string of the molecule is CCOc1ccc(CNC(=O)c2ccc(NS(=O)(=O)c3ccccc3)c(Cl)c2)cc1OCC. The largest absolute Gasteiger partial charge is 0.490 e. The molecule has 0 unspecified atom stereocenters. The summed E-state index contributed by atoms with van der Waals surface area (Å²) in [5, 5.41) is 2.94. The van der Waals surface area contributed by atoms with E-state index in [9.17, 15) is 13.2 Å². The molecular weight excluding hydrogens is 464 g/mol. The van der Waals surface area contributed by atoms with E-state index in [1.807, 2.05) is 26.0 Å². The van der Waals surface area contributed by atoms with Crippen molar-refractivity contribution in [2.24, 2.45) is 0 Å². The third-order valence-corrected chi connectivity index (χ3v) is 6.28. The first-order valence-electron chi connectivity index (χ1n) is 10.4. The third-order valence-electron chi connectivity index (χ3n) is 4.59. The van der Waals surface area contributed by atoms with Gasteiger partial charge in [0.1, 0.15) is 0 Å². The standard InChI is InChI=1S/C24H25ClN2O5S/c1-3-31-22-13-10-17(14-23(22)32-4-2)16-26-24(28)18-11-12-21(20(25)15-18)27-33(29,30)19-8-6-5-7-9-19/h5-15,27H,3-4,16H2,1-2H3,(H,26,28). The maximum atomic E-state index is 12.6. The average Bonchev–Trinajstić information content (AvgIpc) is 2.81. The lowest BCUT2D eigenvalue weighted by molar-refractivity contribution is 0.0951. The van der Waals surface area contributed by atoms with Crippen molar-refractivity contribution in [1.82, 2.24) is 5.32 Å². The van der Waals surface area contributed by atoms with E-state index in [1.54, 1.807) is 24.3 Å². The molecule has 0 aliphatic carbocycles. The molecule has 0 radical (unpaired) electrons. The Balaban J connectivity index is 1.68. The van der Waals surface area contributed by atoms with Gasteiger partial charge in [0.15, 0.2) is 11.5 Å². The number of anilines is 1. The molecule has 0 aromatic heterocycles. The number of rotatable bonds is 10. The molecule has 3 aromatic rings. The summed E-state index contributed by atoms with van der Waals surface area (Å²) in [5.41, 5.74) is 1.33.